The van der Waals surface area contributed by atoms with E-state index in [0.29, 0.717) is 5.82 Å². The van der Waals surface area contributed by atoms with Crippen LogP contribution in [0.4, 0.5) is 0 Å². The maximum Gasteiger partial charge on any atom is 0.173 e. The Morgan fingerprint density at radius 3 is 1.93 bits per heavy atom. The summed E-state index contributed by atoms with van der Waals surface area (Å²) in [7, 11) is 0. The molecule has 3 heterocycles. The molecule has 5 nitrogen and oxygen atoms in total. The Labute approximate surface area is 263 Å². The normalized spacial score (nSPS) is 11.6. The molecule has 3 aromatic heterocycles. The fraction of sp³-hybridized carbons (Fsp3) is 0. The van der Waals surface area contributed by atoms with Crippen LogP contribution in [0, 0.1) is 0 Å². The molecule has 0 aliphatic carbocycles. The first kappa shape index (κ1) is 25.6. The number of hydrogen-bond donors (Lipinski definition) is 0. The Morgan fingerprint density at radius 2 is 1.13 bits per heavy atom. The Kier molecular flexibility index (Phi) is 5.92. The first-order valence-electron chi connectivity index (χ1n) is 14.9. The van der Waals surface area contributed by atoms with Gasteiger partial charge in [-0.15, -0.1) is 0 Å². The number of aromatic nitrogens is 5. The number of fused-ring (bicyclic) bond motifs is 4. The average Bonchev–Trinajstić information content (AvgIpc) is 3.84. The van der Waals surface area contributed by atoms with Crippen molar-refractivity contribution >= 4 is 44.4 Å². The second-order valence-corrected chi connectivity index (χ2v) is 11.7. The minimum Gasteiger partial charge on any atom is -0.309 e. The van der Waals surface area contributed by atoms with Crippen LogP contribution < -0.4 is 0 Å². The van der Waals surface area contributed by atoms with E-state index in [-0.39, 0.29) is 0 Å². The van der Waals surface area contributed by atoms with E-state index in [2.05, 4.69) is 149 Å². The number of benzene rings is 6. The van der Waals surface area contributed by atoms with Gasteiger partial charge in [0.25, 0.3) is 0 Å². The number of hydrogen-bond acceptors (Lipinski definition) is 4. The molecule has 0 saturated carbocycles. The summed E-state index contributed by atoms with van der Waals surface area (Å²) < 4.78 is 9.42. The van der Waals surface area contributed by atoms with Gasteiger partial charge in [0.2, 0.25) is 0 Å². The zero-order valence-corrected chi connectivity index (χ0v) is 24.9. The van der Waals surface area contributed by atoms with E-state index in [4.69, 9.17) is 14.3 Å². The Balaban J connectivity index is 1.16. The van der Waals surface area contributed by atoms with Crippen LogP contribution in [-0.4, -0.2) is 23.5 Å². The first-order valence-corrected chi connectivity index (χ1v) is 15.7. The molecule has 0 aliphatic heterocycles. The Bertz CT molecular complexity index is 2450. The number of imidazole rings is 1. The molecule has 0 unspecified atom stereocenters. The molecule has 0 atom stereocenters. The zero-order valence-electron chi connectivity index (χ0n) is 24.1. The van der Waals surface area contributed by atoms with Crippen LogP contribution in [0.15, 0.2) is 152 Å². The monoisotopic (exact) mass is 595 g/mol. The third-order valence-corrected chi connectivity index (χ3v) is 9.08. The second-order valence-electron chi connectivity index (χ2n) is 11.0. The number of nitrogens with zero attached hydrogens (tertiary/aromatic N) is 5. The molecule has 0 N–H and O–H groups in total. The third-order valence-electron chi connectivity index (χ3n) is 8.34. The molecule has 0 bridgehead atoms. The minimum atomic E-state index is 0.705. The van der Waals surface area contributed by atoms with Crippen LogP contribution in [0.5, 0.6) is 0 Å². The molecule has 0 radical (unpaired) electrons. The number of rotatable bonds is 5. The van der Waals surface area contributed by atoms with Gasteiger partial charge in [-0.3, -0.25) is 4.57 Å². The largest absolute Gasteiger partial charge is 0.309 e. The standard InChI is InChI=1S/C39H25N5S/c1-2-15-28(16-3-1)43-36-24-11-7-20-32(36)40-38(43)27-14-12-13-26(25-27)37-41-39(45-42-37)31-19-6-10-23-35(31)44-33-21-8-4-17-29(33)30-18-5-9-22-34(30)44/h1-25H. The van der Waals surface area contributed by atoms with Gasteiger partial charge in [-0.25, -0.2) is 9.97 Å². The van der Waals surface area contributed by atoms with Crippen molar-refractivity contribution in [3.63, 3.8) is 0 Å². The summed E-state index contributed by atoms with van der Waals surface area (Å²) in [6.07, 6.45) is 0. The maximum atomic E-state index is 5.11. The quantitative estimate of drug-likeness (QED) is 0.199. The van der Waals surface area contributed by atoms with Crippen molar-refractivity contribution in [2.45, 2.75) is 0 Å². The van der Waals surface area contributed by atoms with Crippen molar-refractivity contribution in [3.8, 4) is 44.7 Å². The summed E-state index contributed by atoms with van der Waals surface area (Å²) in [6.45, 7) is 0. The van der Waals surface area contributed by atoms with E-state index in [0.717, 1.165) is 49.9 Å². The van der Waals surface area contributed by atoms with E-state index in [1.165, 1.54) is 33.3 Å². The first-order chi connectivity index (χ1) is 22.3. The van der Waals surface area contributed by atoms with Gasteiger partial charge >= 0.3 is 0 Å². The van der Waals surface area contributed by atoms with Crippen LogP contribution in [0.25, 0.3) is 77.6 Å². The molecule has 9 aromatic rings. The molecule has 0 aliphatic rings. The van der Waals surface area contributed by atoms with Gasteiger partial charge in [-0.05, 0) is 66.1 Å². The fourth-order valence-electron chi connectivity index (χ4n) is 6.34. The van der Waals surface area contributed by atoms with E-state index in [1.54, 1.807) is 0 Å². The summed E-state index contributed by atoms with van der Waals surface area (Å²) in [5, 5.41) is 3.35. The molecule has 9 rings (SSSR count). The third kappa shape index (κ3) is 4.18. The molecule has 0 amide bonds. The van der Waals surface area contributed by atoms with Gasteiger partial charge in [0.05, 0.1) is 27.8 Å². The molecule has 6 aromatic carbocycles. The predicted octanol–water partition coefficient (Wildman–Crippen LogP) is 9.98. The van der Waals surface area contributed by atoms with Gasteiger partial charge in [-0.1, -0.05) is 97.1 Å². The lowest BCUT2D eigenvalue weighted by Crippen LogP contribution is -1.97. The van der Waals surface area contributed by atoms with Crippen molar-refractivity contribution < 1.29 is 0 Å². The van der Waals surface area contributed by atoms with Crippen molar-refractivity contribution in [1.29, 1.82) is 0 Å². The van der Waals surface area contributed by atoms with Crippen molar-refractivity contribution in [1.82, 2.24) is 23.5 Å². The van der Waals surface area contributed by atoms with Crippen LogP contribution in [0.3, 0.4) is 0 Å². The van der Waals surface area contributed by atoms with Crippen LogP contribution in [0.2, 0.25) is 0 Å². The average molecular weight is 596 g/mol. The van der Waals surface area contributed by atoms with E-state index < -0.39 is 0 Å². The summed E-state index contributed by atoms with van der Waals surface area (Å²) in [5.74, 6) is 1.59. The van der Waals surface area contributed by atoms with E-state index in [1.807, 2.05) is 12.1 Å². The molecule has 0 fully saturated rings. The molecular weight excluding hydrogens is 571 g/mol. The van der Waals surface area contributed by atoms with E-state index in [9.17, 15) is 0 Å². The van der Waals surface area contributed by atoms with Gasteiger partial charge in [0.15, 0.2) is 5.82 Å². The summed E-state index contributed by atoms with van der Waals surface area (Å²) in [4.78, 5) is 10.2. The lowest BCUT2D eigenvalue weighted by atomic mass is 10.1. The SMILES string of the molecule is c1ccc(-n2c(-c3cccc(-c4nsc(-c5ccccc5-n5c6ccccc6c6ccccc65)n4)c3)nc3ccccc32)cc1. The van der Waals surface area contributed by atoms with E-state index >= 15 is 0 Å². The highest BCUT2D eigenvalue weighted by atomic mass is 32.1. The van der Waals surface area contributed by atoms with Crippen molar-refractivity contribution in [2.75, 3.05) is 0 Å². The smallest absolute Gasteiger partial charge is 0.173 e. The Hall–Kier alpha value is -5.85. The zero-order chi connectivity index (χ0) is 29.7. The van der Waals surface area contributed by atoms with Gasteiger partial charge in [0.1, 0.15) is 10.8 Å². The maximum absolute atomic E-state index is 5.11. The molecule has 0 saturated heterocycles. The molecule has 212 valence electrons. The predicted molar refractivity (Wildman–Crippen MR) is 185 cm³/mol. The van der Waals surface area contributed by atoms with Crippen LogP contribution in [0.1, 0.15) is 0 Å². The summed E-state index contributed by atoms with van der Waals surface area (Å²) in [6, 6.07) is 52.7. The Morgan fingerprint density at radius 1 is 0.489 bits per heavy atom. The highest BCUT2D eigenvalue weighted by molar-refractivity contribution is 7.09. The van der Waals surface area contributed by atoms with Crippen molar-refractivity contribution in [3.05, 3.63) is 152 Å². The van der Waals surface area contributed by atoms with Gasteiger partial charge < -0.3 is 4.57 Å². The highest BCUT2D eigenvalue weighted by Gasteiger charge is 2.19. The molecule has 6 heteroatoms. The van der Waals surface area contributed by atoms with Gasteiger partial charge in [-0.2, -0.15) is 4.37 Å². The highest BCUT2D eigenvalue weighted by Crippen LogP contribution is 2.37. The minimum absolute atomic E-state index is 0.705. The lowest BCUT2D eigenvalue weighted by Gasteiger charge is -2.12. The van der Waals surface area contributed by atoms with Gasteiger partial charge in [0, 0.05) is 33.2 Å². The molecular formula is C39H25N5S. The summed E-state index contributed by atoms with van der Waals surface area (Å²) >= 11 is 1.43. The molecule has 45 heavy (non-hydrogen) atoms. The fourth-order valence-corrected chi connectivity index (χ4v) is 7.05. The topological polar surface area (TPSA) is 48.5 Å². The molecule has 0 spiro atoms. The summed E-state index contributed by atoms with van der Waals surface area (Å²) in [5.41, 5.74) is 9.54. The van der Waals surface area contributed by atoms with Crippen LogP contribution in [-0.2, 0) is 0 Å². The number of para-hydroxylation sites is 6. The van der Waals surface area contributed by atoms with Crippen molar-refractivity contribution in [2.24, 2.45) is 0 Å². The second kappa shape index (κ2) is 10.4. The van der Waals surface area contributed by atoms with Crippen LogP contribution >= 0.6 is 11.5 Å². The lowest BCUT2D eigenvalue weighted by molar-refractivity contribution is 1.10.